The van der Waals surface area contributed by atoms with Gasteiger partial charge >= 0.3 is 5.97 Å². The number of allylic oxidation sites excluding steroid dienone is 1. The van der Waals surface area contributed by atoms with E-state index in [2.05, 4.69) is 33.9 Å². The summed E-state index contributed by atoms with van der Waals surface area (Å²) in [5.41, 5.74) is 0.831. The monoisotopic (exact) mass is 456 g/mol. The van der Waals surface area contributed by atoms with Gasteiger partial charge in [0.15, 0.2) is 8.32 Å². The summed E-state index contributed by atoms with van der Waals surface area (Å²) >= 11 is 0. The van der Waals surface area contributed by atoms with E-state index >= 15 is 0 Å². The average Bonchev–Trinajstić information content (AvgIpc) is 2.64. The van der Waals surface area contributed by atoms with Crippen molar-refractivity contribution >= 4 is 14.3 Å². The summed E-state index contributed by atoms with van der Waals surface area (Å²) in [6.07, 6.45) is 4.72. The van der Waals surface area contributed by atoms with Crippen LogP contribution in [-0.4, -0.2) is 62.6 Å². The fourth-order valence-electron chi connectivity index (χ4n) is 3.24. The quantitative estimate of drug-likeness (QED) is 0.234. The molecule has 0 aliphatic carbocycles. The molecule has 0 spiro atoms. The van der Waals surface area contributed by atoms with Crippen LogP contribution < -0.4 is 0 Å². The molecule has 31 heavy (non-hydrogen) atoms. The maximum atomic E-state index is 11.6. The van der Waals surface area contributed by atoms with Crippen LogP contribution in [-0.2, 0) is 18.7 Å². The molecule has 1 fully saturated rings. The molecular formula is C24H44O6Si. The first-order valence-electron chi connectivity index (χ1n) is 11.3. The molecule has 2 N–H and O–H groups in total. The fraction of sp³-hybridized carbons (Fsp3) is 0.792. The summed E-state index contributed by atoms with van der Waals surface area (Å²) in [7, 11) is -0.808. The predicted molar refractivity (Wildman–Crippen MR) is 126 cm³/mol. The highest BCUT2D eigenvalue weighted by Crippen LogP contribution is 2.40. The smallest absolute Gasteiger partial charge is 0.330 e. The van der Waals surface area contributed by atoms with E-state index in [4.69, 9.17) is 13.9 Å². The Morgan fingerprint density at radius 1 is 1.29 bits per heavy atom. The van der Waals surface area contributed by atoms with Crippen LogP contribution in [0, 0.1) is 11.8 Å². The third-order valence-electron chi connectivity index (χ3n) is 6.68. The van der Waals surface area contributed by atoms with E-state index < -0.39 is 32.6 Å². The molecule has 0 amide bonds. The zero-order valence-corrected chi connectivity index (χ0v) is 21.8. The largest absolute Gasteiger partial charge is 0.466 e. The molecule has 0 bridgehead atoms. The Bertz CT molecular complexity index is 634. The van der Waals surface area contributed by atoms with Crippen molar-refractivity contribution in [2.75, 3.05) is 13.7 Å². The molecule has 1 aliphatic rings. The minimum absolute atomic E-state index is 0.00624. The molecule has 7 heteroatoms. The molecule has 6 nitrogen and oxygen atoms in total. The lowest BCUT2D eigenvalue weighted by atomic mass is 9.87. The maximum absolute atomic E-state index is 11.6. The molecule has 6 atom stereocenters. The van der Waals surface area contributed by atoms with Crippen molar-refractivity contribution in [1.82, 2.24) is 0 Å². The number of rotatable bonds is 9. The van der Waals surface area contributed by atoms with Crippen molar-refractivity contribution in [2.24, 2.45) is 11.8 Å². The van der Waals surface area contributed by atoms with E-state index in [0.717, 1.165) is 5.57 Å². The highest BCUT2D eigenvalue weighted by molar-refractivity contribution is 6.74. The van der Waals surface area contributed by atoms with Gasteiger partial charge in [-0.2, -0.15) is 0 Å². The van der Waals surface area contributed by atoms with Gasteiger partial charge in [-0.1, -0.05) is 45.4 Å². The normalized spacial score (nSPS) is 27.9. The van der Waals surface area contributed by atoms with Crippen molar-refractivity contribution in [3.63, 3.8) is 0 Å². The minimum atomic E-state index is -2.16. The number of carbonyl (C=O) groups excluding carboxylic acids is 1. The highest BCUT2D eigenvalue weighted by atomic mass is 28.4. The second-order valence-corrected chi connectivity index (χ2v) is 15.2. The van der Waals surface area contributed by atoms with Gasteiger partial charge in [0.1, 0.15) is 0 Å². The van der Waals surface area contributed by atoms with E-state index in [1.807, 2.05) is 26.0 Å². The van der Waals surface area contributed by atoms with E-state index in [9.17, 15) is 15.0 Å². The van der Waals surface area contributed by atoms with E-state index in [1.165, 1.54) is 13.2 Å². The SMILES string of the molecule is COC(=O)/C=C(\C)C[C@@H]1OC[C@H](C/C=C/[C@@H](C)[C@H](C)O)[C@@H](O)[C@H]1O[Si](C)(C)C(C)(C)C. The number of hydrogen-bond acceptors (Lipinski definition) is 6. The second kappa shape index (κ2) is 11.7. The van der Waals surface area contributed by atoms with Crippen LogP contribution in [0.1, 0.15) is 54.4 Å². The summed E-state index contributed by atoms with van der Waals surface area (Å²) in [6.45, 7) is 16.9. The molecule has 0 radical (unpaired) electrons. The van der Waals surface area contributed by atoms with Gasteiger partial charge < -0.3 is 24.1 Å². The molecular weight excluding hydrogens is 412 g/mol. The zero-order chi connectivity index (χ0) is 24.0. The summed E-state index contributed by atoms with van der Waals surface area (Å²) in [5.74, 6) is -0.431. The van der Waals surface area contributed by atoms with Crippen molar-refractivity contribution < 1.29 is 28.9 Å². The lowest BCUT2D eigenvalue weighted by Gasteiger charge is -2.46. The predicted octanol–water partition coefficient (Wildman–Crippen LogP) is 4.23. The molecule has 1 heterocycles. The lowest BCUT2D eigenvalue weighted by Crippen LogP contribution is -2.57. The van der Waals surface area contributed by atoms with Crippen LogP contribution >= 0.6 is 0 Å². The Hall–Kier alpha value is -0.993. The van der Waals surface area contributed by atoms with E-state index in [0.29, 0.717) is 19.4 Å². The Labute approximate surface area is 189 Å². The Kier molecular flexibility index (Phi) is 10.6. The van der Waals surface area contributed by atoms with Gasteiger partial charge in [-0.05, 0) is 50.7 Å². The number of aliphatic hydroxyl groups excluding tert-OH is 2. The van der Waals surface area contributed by atoms with Gasteiger partial charge in [-0.25, -0.2) is 4.79 Å². The van der Waals surface area contributed by atoms with Gasteiger partial charge in [0.25, 0.3) is 0 Å². The fourth-order valence-corrected chi connectivity index (χ4v) is 4.56. The molecule has 0 aromatic carbocycles. The number of aliphatic hydroxyl groups is 2. The molecule has 1 aliphatic heterocycles. The van der Waals surface area contributed by atoms with Crippen LogP contribution in [0.15, 0.2) is 23.8 Å². The van der Waals surface area contributed by atoms with Crippen LogP contribution in [0.25, 0.3) is 0 Å². The summed E-state index contributed by atoms with van der Waals surface area (Å²) in [5, 5.41) is 20.9. The average molecular weight is 457 g/mol. The Morgan fingerprint density at radius 2 is 1.90 bits per heavy atom. The maximum Gasteiger partial charge on any atom is 0.330 e. The van der Waals surface area contributed by atoms with Crippen LogP contribution in [0.2, 0.25) is 18.1 Å². The topological polar surface area (TPSA) is 85.2 Å². The molecule has 0 unspecified atom stereocenters. The lowest BCUT2D eigenvalue weighted by molar-refractivity contribution is -0.156. The molecule has 1 rings (SSSR count). The Balaban J connectivity index is 3.04. The molecule has 0 aromatic heterocycles. The van der Waals surface area contributed by atoms with Crippen LogP contribution in [0.5, 0.6) is 0 Å². The second-order valence-electron chi connectivity index (χ2n) is 10.4. The Morgan fingerprint density at radius 3 is 2.42 bits per heavy atom. The van der Waals surface area contributed by atoms with Gasteiger partial charge in [0.2, 0.25) is 0 Å². The van der Waals surface area contributed by atoms with Crippen molar-refractivity contribution in [3.8, 4) is 0 Å². The first kappa shape index (κ1) is 28.0. The minimum Gasteiger partial charge on any atom is -0.466 e. The van der Waals surface area contributed by atoms with Gasteiger partial charge in [0.05, 0.1) is 38.1 Å². The number of esters is 1. The third kappa shape index (κ3) is 8.46. The number of ether oxygens (including phenoxy) is 2. The van der Waals surface area contributed by atoms with Crippen molar-refractivity contribution in [3.05, 3.63) is 23.8 Å². The summed E-state index contributed by atoms with van der Waals surface area (Å²) in [6, 6.07) is 0. The summed E-state index contributed by atoms with van der Waals surface area (Å²) < 4.78 is 17.6. The van der Waals surface area contributed by atoms with Gasteiger partial charge in [-0.3, -0.25) is 0 Å². The van der Waals surface area contributed by atoms with Crippen LogP contribution in [0.4, 0.5) is 0 Å². The van der Waals surface area contributed by atoms with Gasteiger partial charge in [-0.15, -0.1) is 0 Å². The molecule has 0 saturated carbocycles. The van der Waals surface area contributed by atoms with Crippen molar-refractivity contribution in [2.45, 2.75) is 96.9 Å². The first-order chi connectivity index (χ1) is 14.2. The standard InChI is InChI=1S/C24H44O6Si/c1-16(14-21(26)28-7)13-20-23(30-31(8,9)24(4,5)6)22(27)19(15-29-20)12-10-11-17(2)18(3)25/h10-11,14,17-20,22-23,25,27H,12-13,15H2,1-9H3/b11-10+,16-14+/t17-,18+,19+,20+,22-,23+/m1/s1. The van der Waals surface area contributed by atoms with E-state index in [-0.39, 0.29) is 23.0 Å². The van der Waals surface area contributed by atoms with E-state index in [1.54, 1.807) is 6.92 Å². The van der Waals surface area contributed by atoms with Crippen molar-refractivity contribution in [1.29, 1.82) is 0 Å². The molecule has 1 saturated heterocycles. The number of methoxy groups -OCH3 is 1. The highest BCUT2D eigenvalue weighted by Gasteiger charge is 2.46. The number of carbonyl (C=O) groups is 1. The summed E-state index contributed by atoms with van der Waals surface area (Å²) in [4.78, 5) is 11.6. The third-order valence-corrected chi connectivity index (χ3v) is 11.1. The van der Waals surface area contributed by atoms with Crippen LogP contribution in [0.3, 0.4) is 0 Å². The molecule has 180 valence electrons. The first-order valence-corrected chi connectivity index (χ1v) is 14.2. The number of hydrogen-bond donors (Lipinski definition) is 2. The molecule has 0 aromatic rings. The zero-order valence-electron chi connectivity index (χ0n) is 20.8. The van der Waals surface area contributed by atoms with Gasteiger partial charge in [0, 0.05) is 12.0 Å².